The minimum Gasteiger partial charge on any atom is -0.399 e. The van der Waals surface area contributed by atoms with E-state index in [1.54, 1.807) is 6.07 Å². The van der Waals surface area contributed by atoms with Gasteiger partial charge in [-0.1, -0.05) is 37.6 Å². The molecule has 0 amide bonds. The van der Waals surface area contributed by atoms with Crippen molar-refractivity contribution in [3.8, 4) is 11.1 Å². The molecule has 0 spiro atoms. The second-order valence-corrected chi connectivity index (χ2v) is 6.38. The predicted octanol–water partition coefficient (Wildman–Crippen LogP) is 3.53. The largest absolute Gasteiger partial charge is 0.399 e. The zero-order valence-corrected chi connectivity index (χ0v) is 12.7. The molecule has 21 heavy (non-hydrogen) atoms. The van der Waals surface area contributed by atoms with E-state index in [0.29, 0.717) is 11.3 Å². The van der Waals surface area contributed by atoms with Gasteiger partial charge in [-0.3, -0.25) is 4.55 Å². The number of nitrogens with two attached hydrogens (primary N) is 1. The molecule has 112 valence electrons. The van der Waals surface area contributed by atoms with Crippen LogP contribution in [0.1, 0.15) is 25.3 Å². The number of hydrogen-bond donors (Lipinski definition) is 2. The predicted molar refractivity (Wildman–Crippen MR) is 84.7 cm³/mol. The van der Waals surface area contributed by atoms with Crippen LogP contribution in [-0.4, -0.2) is 13.0 Å². The number of benzene rings is 2. The minimum atomic E-state index is -4.29. The van der Waals surface area contributed by atoms with Crippen molar-refractivity contribution in [1.82, 2.24) is 0 Å². The average Bonchev–Trinajstić information content (AvgIpc) is 2.44. The van der Waals surface area contributed by atoms with Crippen molar-refractivity contribution in [2.24, 2.45) is 0 Å². The highest BCUT2D eigenvalue weighted by Gasteiger charge is 2.18. The molecule has 0 heterocycles. The van der Waals surface area contributed by atoms with E-state index >= 15 is 0 Å². The maximum Gasteiger partial charge on any atom is 0.295 e. The van der Waals surface area contributed by atoms with E-state index in [-0.39, 0.29) is 4.90 Å². The summed E-state index contributed by atoms with van der Waals surface area (Å²) in [5, 5.41) is 0. The first-order valence-corrected chi connectivity index (χ1v) is 8.32. The van der Waals surface area contributed by atoms with Crippen LogP contribution in [-0.2, 0) is 16.5 Å². The highest BCUT2D eigenvalue weighted by molar-refractivity contribution is 7.86. The molecule has 2 aromatic rings. The lowest BCUT2D eigenvalue weighted by Crippen LogP contribution is -2.03. The fourth-order valence-corrected chi connectivity index (χ4v) is 3.04. The Morgan fingerprint density at radius 2 is 1.81 bits per heavy atom. The van der Waals surface area contributed by atoms with E-state index in [1.807, 2.05) is 24.3 Å². The first-order valence-electron chi connectivity index (χ1n) is 6.88. The summed E-state index contributed by atoms with van der Waals surface area (Å²) in [6.45, 7) is 2.10. The molecule has 0 aromatic heterocycles. The van der Waals surface area contributed by atoms with Gasteiger partial charge in [0.15, 0.2) is 0 Å². The summed E-state index contributed by atoms with van der Waals surface area (Å²) in [6, 6.07) is 12.0. The minimum absolute atomic E-state index is 0.111. The number of nitrogen functional groups attached to an aromatic ring is 1. The van der Waals surface area contributed by atoms with Crippen molar-refractivity contribution in [3.63, 3.8) is 0 Å². The van der Waals surface area contributed by atoms with Crippen LogP contribution in [0.15, 0.2) is 47.4 Å². The van der Waals surface area contributed by atoms with Crippen LogP contribution < -0.4 is 5.73 Å². The molecular formula is C16H19NO3S. The lowest BCUT2D eigenvalue weighted by molar-refractivity contribution is 0.483. The number of aryl methyl sites for hydroxylation is 1. The number of hydrogen-bond acceptors (Lipinski definition) is 3. The lowest BCUT2D eigenvalue weighted by Gasteiger charge is -2.13. The van der Waals surface area contributed by atoms with Crippen molar-refractivity contribution < 1.29 is 13.0 Å². The summed E-state index contributed by atoms with van der Waals surface area (Å²) in [7, 11) is -4.29. The van der Waals surface area contributed by atoms with E-state index in [4.69, 9.17) is 5.73 Å². The van der Waals surface area contributed by atoms with Crippen LogP contribution >= 0.6 is 0 Å². The van der Waals surface area contributed by atoms with Gasteiger partial charge in [0, 0.05) is 11.3 Å². The van der Waals surface area contributed by atoms with Gasteiger partial charge in [-0.15, -0.1) is 0 Å². The molecule has 2 rings (SSSR count). The Morgan fingerprint density at radius 3 is 2.48 bits per heavy atom. The second-order valence-electron chi connectivity index (χ2n) is 4.99. The van der Waals surface area contributed by atoms with Gasteiger partial charge in [0.05, 0.1) is 0 Å². The third-order valence-electron chi connectivity index (χ3n) is 3.39. The average molecular weight is 305 g/mol. The summed E-state index contributed by atoms with van der Waals surface area (Å²) >= 11 is 0. The van der Waals surface area contributed by atoms with Gasteiger partial charge < -0.3 is 5.73 Å². The van der Waals surface area contributed by atoms with Gasteiger partial charge in [-0.25, -0.2) is 0 Å². The topological polar surface area (TPSA) is 80.4 Å². The van der Waals surface area contributed by atoms with Crippen molar-refractivity contribution in [1.29, 1.82) is 0 Å². The Morgan fingerprint density at radius 1 is 1.10 bits per heavy atom. The Balaban J connectivity index is 2.64. The molecule has 0 atom stereocenters. The third-order valence-corrected chi connectivity index (χ3v) is 4.30. The van der Waals surface area contributed by atoms with Gasteiger partial charge in [-0.2, -0.15) is 8.42 Å². The molecule has 0 saturated heterocycles. The van der Waals surface area contributed by atoms with Gasteiger partial charge in [-0.05, 0) is 42.2 Å². The van der Waals surface area contributed by atoms with Crippen LogP contribution in [0.4, 0.5) is 5.69 Å². The number of rotatable bonds is 5. The summed E-state index contributed by atoms with van der Waals surface area (Å²) in [4.78, 5) is -0.111. The van der Waals surface area contributed by atoms with Crippen molar-refractivity contribution in [2.75, 3.05) is 5.73 Å². The third kappa shape index (κ3) is 3.62. The molecule has 0 radical (unpaired) electrons. The Labute approximate surface area is 125 Å². The fraction of sp³-hybridized carbons (Fsp3) is 0.250. The highest BCUT2D eigenvalue weighted by Crippen LogP contribution is 2.32. The van der Waals surface area contributed by atoms with Crippen molar-refractivity contribution in [3.05, 3.63) is 48.0 Å². The maximum atomic E-state index is 11.6. The molecule has 2 aromatic carbocycles. The van der Waals surface area contributed by atoms with Crippen molar-refractivity contribution >= 4 is 15.8 Å². The molecule has 0 unspecified atom stereocenters. The Hall–Kier alpha value is -1.85. The van der Waals surface area contributed by atoms with Crippen LogP contribution in [0.25, 0.3) is 11.1 Å². The number of unbranched alkanes of at least 4 members (excludes halogenated alkanes) is 1. The van der Waals surface area contributed by atoms with Gasteiger partial charge in [0.2, 0.25) is 0 Å². The summed E-state index contributed by atoms with van der Waals surface area (Å²) < 4.78 is 32.6. The molecule has 0 bridgehead atoms. The first kappa shape index (κ1) is 15.5. The molecule has 3 N–H and O–H groups in total. The lowest BCUT2D eigenvalue weighted by atomic mass is 9.96. The van der Waals surface area contributed by atoms with Crippen LogP contribution in [0.2, 0.25) is 0 Å². The summed E-state index contributed by atoms with van der Waals surface area (Å²) in [5.74, 6) is 0. The van der Waals surface area contributed by atoms with Crippen LogP contribution in [0, 0.1) is 0 Å². The molecule has 0 fully saturated rings. The smallest absolute Gasteiger partial charge is 0.295 e. The fourth-order valence-electron chi connectivity index (χ4n) is 2.35. The van der Waals surface area contributed by atoms with Crippen LogP contribution in [0.3, 0.4) is 0 Å². The second kappa shape index (κ2) is 6.28. The molecular weight excluding hydrogens is 286 g/mol. The molecule has 0 aliphatic heterocycles. The van der Waals surface area contributed by atoms with Crippen molar-refractivity contribution in [2.45, 2.75) is 31.1 Å². The Kier molecular flexibility index (Phi) is 4.65. The zero-order valence-electron chi connectivity index (χ0n) is 11.9. The van der Waals surface area contributed by atoms with Crippen LogP contribution in [0.5, 0.6) is 0 Å². The molecule has 5 heteroatoms. The number of anilines is 1. The standard InChI is InChI=1S/C16H19NO3S/c1-2-3-6-12-7-4-5-8-14(12)15-11-13(17)9-10-16(15)21(18,19)20/h4-5,7-11H,2-3,6,17H2,1H3,(H,18,19,20). The van der Waals surface area contributed by atoms with Gasteiger partial charge >= 0.3 is 0 Å². The first-order chi connectivity index (χ1) is 9.93. The van der Waals surface area contributed by atoms with E-state index in [2.05, 4.69) is 6.92 Å². The maximum absolute atomic E-state index is 11.6. The molecule has 0 saturated carbocycles. The summed E-state index contributed by atoms with van der Waals surface area (Å²) in [6.07, 6.45) is 2.92. The van der Waals surface area contributed by atoms with Gasteiger partial charge in [0.25, 0.3) is 10.1 Å². The monoisotopic (exact) mass is 305 g/mol. The van der Waals surface area contributed by atoms with E-state index < -0.39 is 10.1 Å². The SMILES string of the molecule is CCCCc1ccccc1-c1cc(N)ccc1S(=O)(=O)O. The quantitative estimate of drug-likeness (QED) is 0.654. The summed E-state index contributed by atoms with van der Waals surface area (Å²) in [5.41, 5.74) is 8.54. The Bertz CT molecular complexity index is 739. The van der Waals surface area contributed by atoms with Gasteiger partial charge in [0.1, 0.15) is 4.90 Å². The van der Waals surface area contributed by atoms with E-state index in [9.17, 15) is 13.0 Å². The zero-order chi connectivity index (χ0) is 15.5. The molecule has 0 aliphatic carbocycles. The molecule has 4 nitrogen and oxygen atoms in total. The highest BCUT2D eigenvalue weighted by atomic mass is 32.2. The van der Waals surface area contributed by atoms with E-state index in [1.165, 1.54) is 12.1 Å². The normalized spacial score (nSPS) is 11.5. The van der Waals surface area contributed by atoms with E-state index in [0.717, 1.165) is 30.4 Å². The molecule has 0 aliphatic rings.